The second kappa shape index (κ2) is 7.75. The Hall–Kier alpha value is -1.99. The molecule has 0 spiro atoms. The summed E-state index contributed by atoms with van der Waals surface area (Å²) in [4.78, 5) is 48.1. The molecule has 0 radical (unpaired) electrons. The van der Waals surface area contributed by atoms with E-state index in [9.17, 15) is 28.6 Å². The van der Waals surface area contributed by atoms with Gasteiger partial charge in [0.25, 0.3) is 0 Å². The summed E-state index contributed by atoms with van der Waals surface area (Å²) in [5.74, 6) is -0.708. The lowest BCUT2D eigenvalue weighted by molar-refractivity contribution is -0.0377. The molecule has 0 aliphatic heterocycles. The van der Waals surface area contributed by atoms with Gasteiger partial charge in [-0.15, -0.1) is 6.42 Å². The molecule has 0 aromatic carbocycles. The fourth-order valence-electron chi connectivity index (χ4n) is 4.68. The predicted octanol–water partition coefficient (Wildman–Crippen LogP) is -0.404. The third-order valence-electron chi connectivity index (χ3n) is 5.85. The summed E-state index contributed by atoms with van der Waals surface area (Å²) in [6.07, 6.45) is 4.73. The van der Waals surface area contributed by atoms with Gasteiger partial charge >= 0.3 is 23.5 Å². The van der Waals surface area contributed by atoms with Crippen molar-refractivity contribution < 1.29 is 55.9 Å². The molecule has 3 unspecified atom stereocenters. The van der Waals surface area contributed by atoms with Crippen LogP contribution in [0, 0.1) is 24.2 Å². The number of nitrogens with two attached hydrogens (primary N) is 2. The van der Waals surface area contributed by atoms with Crippen molar-refractivity contribution in [2.24, 2.45) is 11.8 Å². The summed E-state index contributed by atoms with van der Waals surface area (Å²) in [5, 5.41) is 11.1. The highest BCUT2D eigenvalue weighted by Crippen LogP contribution is 2.74. The maximum atomic E-state index is 16.3. The van der Waals surface area contributed by atoms with Crippen molar-refractivity contribution in [1.82, 2.24) is 19.5 Å². The SMILES string of the molecule is C#C[C@]1(F)[C@H](n2cnc3c(N)nc(N)nc32)[C@H](C)[C@@H]2C(OP(=O)(O)OP(=O)(O)OP(=O)(O)O)[C@@]21O. The van der Waals surface area contributed by atoms with Crippen molar-refractivity contribution in [3.8, 4) is 12.3 Å². The van der Waals surface area contributed by atoms with E-state index in [1.165, 1.54) is 11.5 Å². The Morgan fingerprint density at radius 1 is 1.17 bits per heavy atom. The Labute approximate surface area is 194 Å². The first kappa shape index (κ1) is 26.1. The van der Waals surface area contributed by atoms with Crippen LogP contribution in [0.15, 0.2) is 6.33 Å². The highest BCUT2D eigenvalue weighted by molar-refractivity contribution is 7.66. The monoisotopic (exact) mass is 558 g/mol. The van der Waals surface area contributed by atoms with Crippen LogP contribution >= 0.6 is 23.5 Å². The zero-order chi connectivity index (χ0) is 26.4. The predicted molar refractivity (Wildman–Crippen MR) is 112 cm³/mol. The molecular formula is C14H18FN6O11P3. The van der Waals surface area contributed by atoms with Crippen LogP contribution in [0.2, 0.25) is 0 Å². The molecule has 0 bridgehead atoms. The van der Waals surface area contributed by atoms with Gasteiger partial charge in [-0.05, 0) is 5.92 Å². The van der Waals surface area contributed by atoms with E-state index >= 15 is 4.39 Å². The lowest BCUT2D eigenvalue weighted by atomic mass is 9.88. The molecule has 17 nitrogen and oxygen atoms in total. The number of terminal acetylenes is 1. The molecule has 4 rings (SSSR count). The molecule has 2 saturated carbocycles. The number of phosphoric acid groups is 3. The van der Waals surface area contributed by atoms with Gasteiger partial charge in [-0.25, -0.2) is 23.1 Å². The minimum atomic E-state index is -5.83. The molecule has 35 heavy (non-hydrogen) atoms. The number of fused-ring (bicyclic) bond motifs is 2. The fourth-order valence-corrected chi connectivity index (χ4v) is 7.92. The number of imidazole rings is 1. The summed E-state index contributed by atoms with van der Waals surface area (Å²) >= 11 is 0. The van der Waals surface area contributed by atoms with E-state index in [-0.39, 0.29) is 22.9 Å². The zero-order valence-electron chi connectivity index (χ0n) is 17.3. The summed E-state index contributed by atoms with van der Waals surface area (Å²) < 4.78 is 63.9. The highest BCUT2D eigenvalue weighted by atomic mass is 31.3. The molecule has 0 amide bonds. The van der Waals surface area contributed by atoms with Gasteiger partial charge in [0.2, 0.25) is 11.6 Å². The quantitative estimate of drug-likeness (QED) is 0.168. The van der Waals surface area contributed by atoms with Crippen LogP contribution in [0.5, 0.6) is 0 Å². The van der Waals surface area contributed by atoms with Crippen LogP contribution in [0.3, 0.4) is 0 Å². The Balaban J connectivity index is 1.65. The average Bonchev–Trinajstić information content (AvgIpc) is 2.96. The number of aliphatic hydroxyl groups is 1. The first-order chi connectivity index (χ1) is 15.9. The van der Waals surface area contributed by atoms with Crippen LogP contribution in [-0.4, -0.2) is 61.6 Å². The Kier molecular flexibility index (Phi) is 5.78. The standard InChI is InChI=1S/C14H18FN6O11P3/c1-3-13(15)8(21-4-18-7-10(16)19-12(17)20-11(7)21)5(2)6-9(14(6,13)22)30-34(26,27)32-35(28,29)31-33(23,24)25/h1,4-6,8-9,22H,2H3,(H,26,27)(H,28,29)(H2,23,24,25)(H4,16,17,19,20)/t5-,6-,8-,9?,13+,14+/m1/s1. The van der Waals surface area contributed by atoms with Crippen LogP contribution in [0.4, 0.5) is 16.2 Å². The summed E-state index contributed by atoms with van der Waals surface area (Å²) in [7, 11) is -17.1. The lowest BCUT2D eigenvalue weighted by Gasteiger charge is -2.33. The number of nitrogens with zero attached hydrogens (tertiary/aromatic N) is 4. The van der Waals surface area contributed by atoms with E-state index in [0.717, 1.165) is 6.33 Å². The van der Waals surface area contributed by atoms with E-state index in [0.29, 0.717) is 0 Å². The maximum Gasteiger partial charge on any atom is 0.490 e. The Morgan fingerprint density at radius 3 is 2.37 bits per heavy atom. The molecule has 2 aromatic rings. The van der Waals surface area contributed by atoms with E-state index in [1.807, 2.05) is 5.92 Å². The molecule has 192 valence electrons. The smallest absolute Gasteiger partial charge is 0.382 e. The van der Waals surface area contributed by atoms with Crippen molar-refractivity contribution in [1.29, 1.82) is 0 Å². The van der Waals surface area contributed by atoms with Gasteiger partial charge in [-0.3, -0.25) is 4.52 Å². The number of aromatic nitrogens is 4. The molecular weight excluding hydrogens is 540 g/mol. The summed E-state index contributed by atoms with van der Waals surface area (Å²) in [6, 6.07) is -1.36. The molecule has 21 heteroatoms. The van der Waals surface area contributed by atoms with Crippen LogP contribution in [0.1, 0.15) is 13.0 Å². The van der Waals surface area contributed by atoms with Gasteiger partial charge < -0.3 is 40.7 Å². The van der Waals surface area contributed by atoms with Crippen LogP contribution < -0.4 is 11.5 Å². The normalized spacial score (nSPS) is 35.7. The van der Waals surface area contributed by atoms with E-state index < -0.39 is 58.7 Å². The van der Waals surface area contributed by atoms with Gasteiger partial charge in [-0.2, -0.15) is 18.6 Å². The Morgan fingerprint density at radius 2 is 1.80 bits per heavy atom. The fraction of sp³-hybridized carbons (Fsp3) is 0.500. The number of phosphoric ester groups is 1. The molecule has 2 aliphatic rings. The number of nitrogen functional groups attached to an aromatic ring is 2. The zero-order valence-corrected chi connectivity index (χ0v) is 20.0. The first-order valence-corrected chi connectivity index (χ1v) is 13.9. The minimum Gasteiger partial charge on any atom is -0.382 e. The topological polar surface area (TPSA) is 276 Å². The van der Waals surface area contributed by atoms with Gasteiger partial charge in [-0.1, -0.05) is 12.8 Å². The van der Waals surface area contributed by atoms with E-state index in [2.05, 4.69) is 28.1 Å². The van der Waals surface area contributed by atoms with Crippen molar-refractivity contribution >= 4 is 46.4 Å². The molecule has 0 saturated heterocycles. The Bertz CT molecular complexity index is 1410. The average molecular weight is 558 g/mol. The van der Waals surface area contributed by atoms with Gasteiger partial charge in [0, 0.05) is 5.92 Å². The highest BCUT2D eigenvalue weighted by Gasteiger charge is 2.87. The number of anilines is 2. The van der Waals surface area contributed by atoms with Gasteiger partial charge in [0.1, 0.15) is 17.2 Å². The second-order valence-corrected chi connectivity index (χ2v) is 12.3. The second-order valence-electron chi connectivity index (χ2n) is 7.92. The number of rotatable bonds is 7. The first-order valence-electron chi connectivity index (χ1n) is 9.33. The van der Waals surface area contributed by atoms with Crippen molar-refractivity contribution in [2.75, 3.05) is 11.5 Å². The number of hydrogen-bond acceptors (Lipinski definition) is 12. The maximum absolute atomic E-state index is 16.3. The largest absolute Gasteiger partial charge is 0.490 e. The van der Waals surface area contributed by atoms with Crippen LogP contribution in [0.25, 0.3) is 11.2 Å². The molecule has 2 heterocycles. The third kappa shape index (κ3) is 4.08. The molecule has 2 aromatic heterocycles. The molecule has 2 aliphatic carbocycles. The van der Waals surface area contributed by atoms with Crippen molar-refractivity contribution in [2.45, 2.75) is 30.3 Å². The van der Waals surface area contributed by atoms with E-state index in [1.54, 1.807) is 0 Å². The number of hydrogen-bond donors (Lipinski definition) is 7. The lowest BCUT2D eigenvalue weighted by Crippen LogP contribution is -2.47. The van der Waals surface area contributed by atoms with Gasteiger partial charge in [0.05, 0.1) is 12.4 Å². The minimum absolute atomic E-state index is 0.00142. The van der Waals surface area contributed by atoms with Gasteiger partial charge in [0.15, 0.2) is 11.5 Å². The third-order valence-corrected chi connectivity index (χ3v) is 9.67. The molecule has 9 N–H and O–H groups in total. The molecule has 8 atom stereocenters. The summed E-state index contributed by atoms with van der Waals surface area (Å²) in [6.45, 7) is 1.43. The molecule has 2 fully saturated rings. The number of alkyl halides is 1. The van der Waals surface area contributed by atoms with E-state index in [4.69, 9.17) is 27.7 Å². The van der Waals surface area contributed by atoms with Crippen molar-refractivity contribution in [3.63, 3.8) is 0 Å². The van der Waals surface area contributed by atoms with Crippen molar-refractivity contribution in [3.05, 3.63) is 6.33 Å². The summed E-state index contributed by atoms with van der Waals surface area (Å²) in [5.41, 5.74) is 5.86. The number of halogens is 1. The van der Waals surface area contributed by atoms with Crippen LogP contribution in [-0.2, 0) is 26.8 Å².